The smallest absolute Gasteiger partial charge is 0.0175 e. The van der Waals surface area contributed by atoms with Crippen LogP contribution in [0.1, 0.15) is 41.0 Å². The highest BCUT2D eigenvalue weighted by Crippen LogP contribution is 2.23. The Morgan fingerprint density at radius 2 is 1.64 bits per heavy atom. The summed E-state index contributed by atoms with van der Waals surface area (Å²) in [6.07, 6.45) is 1.25. The molecule has 0 saturated heterocycles. The van der Waals surface area contributed by atoms with Crippen molar-refractivity contribution in [2.24, 2.45) is 11.8 Å². The fourth-order valence-electron chi connectivity index (χ4n) is 1.47. The predicted molar refractivity (Wildman–Crippen MR) is 51.8 cm³/mol. The summed E-state index contributed by atoms with van der Waals surface area (Å²) in [7, 11) is 2.06. The number of rotatable bonds is 4. The van der Waals surface area contributed by atoms with Gasteiger partial charge in [0, 0.05) is 5.54 Å². The summed E-state index contributed by atoms with van der Waals surface area (Å²) >= 11 is 0. The predicted octanol–water partition coefficient (Wildman–Crippen LogP) is 2.67. The Labute approximate surface area is 71.6 Å². The van der Waals surface area contributed by atoms with E-state index in [9.17, 15) is 0 Å². The molecule has 1 heteroatoms. The van der Waals surface area contributed by atoms with Crippen molar-refractivity contribution in [3.63, 3.8) is 0 Å². The van der Waals surface area contributed by atoms with Crippen LogP contribution in [0.5, 0.6) is 0 Å². The fourth-order valence-corrected chi connectivity index (χ4v) is 1.47. The van der Waals surface area contributed by atoms with Crippen molar-refractivity contribution < 1.29 is 0 Å². The minimum Gasteiger partial charge on any atom is -0.314 e. The molecule has 0 fully saturated rings. The molecule has 1 unspecified atom stereocenters. The van der Waals surface area contributed by atoms with Crippen LogP contribution in [0.4, 0.5) is 0 Å². The molecule has 1 nitrogen and oxygen atoms in total. The molecule has 0 rings (SSSR count). The first kappa shape index (κ1) is 11.0. The Morgan fingerprint density at radius 1 is 1.18 bits per heavy atom. The van der Waals surface area contributed by atoms with E-state index in [0.29, 0.717) is 11.5 Å². The second-order valence-corrected chi connectivity index (χ2v) is 4.42. The standard InChI is InChI=1S/C10H23N/c1-8(2)7-10(5,11-6)9(3)4/h8-9,11H,7H2,1-6H3. The molecule has 0 aromatic carbocycles. The van der Waals surface area contributed by atoms with Crippen LogP contribution >= 0.6 is 0 Å². The summed E-state index contributed by atoms with van der Waals surface area (Å²) in [6.45, 7) is 11.4. The van der Waals surface area contributed by atoms with Crippen LogP contribution in [-0.4, -0.2) is 12.6 Å². The lowest BCUT2D eigenvalue weighted by Gasteiger charge is -2.35. The summed E-state index contributed by atoms with van der Waals surface area (Å²) in [5.41, 5.74) is 0.314. The van der Waals surface area contributed by atoms with Crippen molar-refractivity contribution in [2.45, 2.75) is 46.6 Å². The molecule has 68 valence electrons. The third kappa shape index (κ3) is 3.24. The normalized spacial score (nSPS) is 17.5. The zero-order chi connectivity index (χ0) is 9.07. The maximum Gasteiger partial charge on any atom is 0.0175 e. The maximum absolute atomic E-state index is 3.41. The van der Waals surface area contributed by atoms with Gasteiger partial charge in [-0.2, -0.15) is 0 Å². The zero-order valence-corrected chi connectivity index (χ0v) is 8.86. The van der Waals surface area contributed by atoms with Crippen molar-refractivity contribution in [1.29, 1.82) is 0 Å². The van der Waals surface area contributed by atoms with Gasteiger partial charge < -0.3 is 5.32 Å². The lowest BCUT2D eigenvalue weighted by molar-refractivity contribution is 0.231. The molecule has 0 saturated carbocycles. The van der Waals surface area contributed by atoms with Crippen LogP contribution in [0.2, 0.25) is 0 Å². The van der Waals surface area contributed by atoms with Gasteiger partial charge in [-0.1, -0.05) is 27.7 Å². The molecule has 1 N–H and O–H groups in total. The Balaban J connectivity index is 4.10. The third-order valence-electron chi connectivity index (χ3n) is 2.68. The molecule has 11 heavy (non-hydrogen) atoms. The summed E-state index contributed by atoms with van der Waals surface area (Å²) in [5.74, 6) is 1.48. The molecule has 1 atom stereocenters. The highest BCUT2D eigenvalue weighted by Gasteiger charge is 2.26. The number of hydrogen-bond acceptors (Lipinski definition) is 1. The van der Waals surface area contributed by atoms with Crippen LogP contribution in [-0.2, 0) is 0 Å². The van der Waals surface area contributed by atoms with Crippen molar-refractivity contribution in [2.75, 3.05) is 7.05 Å². The molecule has 0 heterocycles. The molecular formula is C10H23N. The van der Waals surface area contributed by atoms with Gasteiger partial charge in [-0.15, -0.1) is 0 Å². The van der Waals surface area contributed by atoms with Crippen molar-refractivity contribution in [3.05, 3.63) is 0 Å². The molecule has 0 aromatic heterocycles. The minimum atomic E-state index is 0.314. The molecule has 0 amide bonds. The SMILES string of the molecule is CNC(C)(CC(C)C)C(C)C. The van der Waals surface area contributed by atoms with Crippen LogP contribution in [0.25, 0.3) is 0 Å². The summed E-state index contributed by atoms with van der Waals surface area (Å²) in [4.78, 5) is 0. The number of hydrogen-bond donors (Lipinski definition) is 1. The molecule has 0 spiro atoms. The van der Waals surface area contributed by atoms with Gasteiger partial charge in [0.1, 0.15) is 0 Å². The van der Waals surface area contributed by atoms with Crippen LogP contribution in [0, 0.1) is 11.8 Å². The largest absolute Gasteiger partial charge is 0.314 e. The topological polar surface area (TPSA) is 12.0 Å². The zero-order valence-electron chi connectivity index (χ0n) is 8.86. The van der Waals surface area contributed by atoms with E-state index < -0.39 is 0 Å². The van der Waals surface area contributed by atoms with Gasteiger partial charge in [0.15, 0.2) is 0 Å². The molecule has 0 aromatic rings. The quantitative estimate of drug-likeness (QED) is 0.661. The maximum atomic E-state index is 3.41. The number of nitrogens with one attached hydrogen (secondary N) is 1. The molecule has 0 bridgehead atoms. The Hall–Kier alpha value is -0.0400. The van der Waals surface area contributed by atoms with Crippen LogP contribution in [0.3, 0.4) is 0 Å². The van der Waals surface area contributed by atoms with Gasteiger partial charge in [0.2, 0.25) is 0 Å². The highest BCUT2D eigenvalue weighted by molar-refractivity contribution is 4.85. The van der Waals surface area contributed by atoms with E-state index in [1.54, 1.807) is 0 Å². The Bertz CT molecular complexity index is 107. The van der Waals surface area contributed by atoms with E-state index in [1.165, 1.54) is 6.42 Å². The second-order valence-electron chi connectivity index (χ2n) is 4.42. The Kier molecular flexibility index (Phi) is 4.09. The van der Waals surface area contributed by atoms with Gasteiger partial charge >= 0.3 is 0 Å². The van der Waals surface area contributed by atoms with Gasteiger partial charge in [0.25, 0.3) is 0 Å². The minimum absolute atomic E-state index is 0.314. The lowest BCUT2D eigenvalue weighted by Crippen LogP contribution is -2.45. The first-order valence-electron chi connectivity index (χ1n) is 4.61. The van der Waals surface area contributed by atoms with E-state index in [4.69, 9.17) is 0 Å². The summed E-state index contributed by atoms with van der Waals surface area (Å²) in [6, 6.07) is 0. The molecular weight excluding hydrogens is 134 g/mol. The molecule has 0 radical (unpaired) electrons. The van der Waals surface area contributed by atoms with E-state index in [-0.39, 0.29) is 0 Å². The van der Waals surface area contributed by atoms with E-state index in [1.807, 2.05) is 0 Å². The fraction of sp³-hybridized carbons (Fsp3) is 1.00. The molecule has 0 aliphatic heterocycles. The lowest BCUT2D eigenvalue weighted by atomic mass is 9.81. The van der Waals surface area contributed by atoms with Gasteiger partial charge in [-0.25, -0.2) is 0 Å². The first-order chi connectivity index (χ1) is 4.92. The van der Waals surface area contributed by atoms with E-state index >= 15 is 0 Å². The monoisotopic (exact) mass is 157 g/mol. The average Bonchev–Trinajstić information content (AvgIpc) is 1.86. The highest BCUT2D eigenvalue weighted by atomic mass is 14.9. The van der Waals surface area contributed by atoms with Gasteiger partial charge in [0.05, 0.1) is 0 Å². The summed E-state index contributed by atoms with van der Waals surface area (Å²) in [5, 5.41) is 3.41. The molecule has 0 aliphatic carbocycles. The Morgan fingerprint density at radius 3 is 1.73 bits per heavy atom. The van der Waals surface area contributed by atoms with Crippen molar-refractivity contribution in [3.8, 4) is 0 Å². The van der Waals surface area contributed by atoms with Crippen LogP contribution < -0.4 is 5.32 Å². The third-order valence-corrected chi connectivity index (χ3v) is 2.68. The van der Waals surface area contributed by atoms with E-state index in [0.717, 1.165) is 5.92 Å². The second kappa shape index (κ2) is 4.10. The average molecular weight is 157 g/mol. The van der Waals surface area contributed by atoms with Gasteiger partial charge in [-0.3, -0.25) is 0 Å². The van der Waals surface area contributed by atoms with Crippen molar-refractivity contribution >= 4 is 0 Å². The first-order valence-corrected chi connectivity index (χ1v) is 4.61. The summed E-state index contributed by atoms with van der Waals surface area (Å²) < 4.78 is 0. The molecule has 0 aliphatic rings. The van der Waals surface area contributed by atoms with Gasteiger partial charge in [-0.05, 0) is 32.2 Å². The van der Waals surface area contributed by atoms with Crippen molar-refractivity contribution in [1.82, 2.24) is 5.32 Å². The van der Waals surface area contributed by atoms with Crippen LogP contribution in [0.15, 0.2) is 0 Å². The van der Waals surface area contributed by atoms with E-state index in [2.05, 4.69) is 47.0 Å².